The van der Waals surface area contributed by atoms with Crippen LogP contribution in [0.3, 0.4) is 0 Å². The van der Waals surface area contributed by atoms with Crippen LogP contribution in [-0.2, 0) is 19.6 Å². The van der Waals surface area contributed by atoms with Gasteiger partial charge in [0.1, 0.15) is 0 Å². The van der Waals surface area contributed by atoms with Gasteiger partial charge in [0, 0.05) is 0 Å². The Morgan fingerprint density at radius 1 is 0.448 bits per heavy atom. The van der Waals surface area contributed by atoms with Crippen molar-refractivity contribution >= 4 is 22.1 Å². The average Bonchev–Trinajstić information content (AvgIpc) is 3.21. The Morgan fingerprint density at radius 2 is 0.741 bits per heavy atom. The zero-order valence-corrected chi connectivity index (χ0v) is 38.1. The molecule has 0 fully saturated rings. The maximum atomic E-state index is 13.0. The van der Waals surface area contributed by atoms with E-state index in [2.05, 4.69) is 38.2 Å². The highest BCUT2D eigenvalue weighted by atomic mass is 32.2. The van der Waals surface area contributed by atoms with E-state index in [1.807, 2.05) is 0 Å². The van der Waals surface area contributed by atoms with Crippen LogP contribution in [-0.4, -0.2) is 38.1 Å². The molecule has 58 heavy (non-hydrogen) atoms. The maximum absolute atomic E-state index is 13.0. The minimum Gasteiger partial charge on any atom is -0.462 e. The van der Waals surface area contributed by atoms with Crippen LogP contribution >= 0.6 is 0 Å². The molecule has 0 saturated heterocycles. The van der Waals surface area contributed by atoms with Crippen LogP contribution in [0, 0.1) is 0 Å². The van der Waals surface area contributed by atoms with E-state index in [1.54, 1.807) is 0 Å². The molecule has 0 unspecified atom stereocenters. The van der Waals surface area contributed by atoms with Gasteiger partial charge in [0.25, 0.3) is 10.1 Å². The monoisotopic (exact) mass is 831 g/mol. The molecule has 0 aliphatic carbocycles. The molecule has 8 heteroatoms. The van der Waals surface area contributed by atoms with Gasteiger partial charge in [-0.1, -0.05) is 192 Å². The Kier molecular flexibility index (Phi) is 35.8. The van der Waals surface area contributed by atoms with Crippen molar-refractivity contribution in [2.24, 2.45) is 0 Å². The molecule has 0 heterocycles. The molecule has 1 rings (SSSR count). The van der Waals surface area contributed by atoms with Crippen molar-refractivity contribution in [3.63, 3.8) is 0 Å². The highest BCUT2D eigenvalue weighted by molar-refractivity contribution is 7.85. The number of unbranched alkanes of at least 4 members (excludes halogenated alkanes) is 30. The van der Waals surface area contributed by atoms with E-state index in [9.17, 15) is 22.6 Å². The van der Waals surface area contributed by atoms with Gasteiger partial charge in [-0.2, -0.15) is 8.42 Å². The predicted molar refractivity (Wildman–Crippen MR) is 243 cm³/mol. The van der Waals surface area contributed by atoms with E-state index in [1.165, 1.54) is 147 Å². The molecule has 7 nitrogen and oxygen atoms in total. The van der Waals surface area contributed by atoms with Gasteiger partial charge < -0.3 is 9.47 Å². The van der Waals surface area contributed by atoms with Crippen LogP contribution in [0.4, 0.5) is 0 Å². The van der Waals surface area contributed by atoms with Crippen molar-refractivity contribution < 1.29 is 32.0 Å². The lowest BCUT2D eigenvalue weighted by Gasteiger charge is -2.11. The fourth-order valence-corrected chi connectivity index (χ4v) is 7.78. The second kappa shape index (κ2) is 38.7. The van der Waals surface area contributed by atoms with Crippen molar-refractivity contribution in [1.82, 2.24) is 0 Å². The number of benzene rings is 1. The minimum absolute atomic E-state index is 0.0665. The van der Waals surface area contributed by atoms with Gasteiger partial charge in [-0.15, -0.1) is 0 Å². The van der Waals surface area contributed by atoms with E-state index >= 15 is 0 Å². The first kappa shape index (κ1) is 53.6. The average molecular weight is 831 g/mol. The predicted octanol–water partition coefficient (Wildman–Crippen LogP) is 15.7. The second-order valence-electron chi connectivity index (χ2n) is 16.5. The van der Waals surface area contributed by atoms with Crippen molar-refractivity contribution in [3.8, 4) is 0 Å². The van der Waals surface area contributed by atoms with Gasteiger partial charge in [0.15, 0.2) is 0 Å². The Balaban J connectivity index is 2.19. The summed E-state index contributed by atoms with van der Waals surface area (Å²) in [5, 5.41) is 0. The minimum atomic E-state index is -4.57. The molecule has 0 atom stereocenters. The Bertz CT molecular complexity index is 1300. The molecule has 0 radical (unpaired) electrons. The number of carbonyl (C=O) groups is 2. The zero-order chi connectivity index (χ0) is 42.2. The van der Waals surface area contributed by atoms with E-state index in [0.29, 0.717) is 12.8 Å². The largest absolute Gasteiger partial charge is 0.462 e. The highest BCUT2D eigenvalue weighted by Gasteiger charge is 2.23. The second-order valence-corrected chi connectivity index (χ2v) is 17.9. The van der Waals surface area contributed by atoms with Gasteiger partial charge >= 0.3 is 11.9 Å². The summed E-state index contributed by atoms with van der Waals surface area (Å²) in [7, 11) is -4.57. The molecule has 0 bridgehead atoms. The summed E-state index contributed by atoms with van der Waals surface area (Å²) in [6.07, 6.45) is 51.0. The molecule has 0 spiro atoms. The lowest BCUT2D eigenvalue weighted by Crippen LogP contribution is -2.16. The maximum Gasteiger partial charge on any atom is 0.339 e. The molecule has 0 amide bonds. The molecule has 0 aliphatic rings. The summed E-state index contributed by atoms with van der Waals surface area (Å²) in [5.41, 5.74) is -0.283. The first-order chi connectivity index (χ1) is 28.3. The van der Waals surface area contributed by atoms with Gasteiger partial charge in [0.05, 0.1) is 29.2 Å². The van der Waals surface area contributed by atoms with Crippen molar-refractivity contribution in [3.05, 3.63) is 53.6 Å². The molecule has 0 aromatic heterocycles. The molecule has 1 aromatic carbocycles. The zero-order valence-electron chi connectivity index (χ0n) is 37.3. The Labute approximate surface area is 356 Å². The topological polar surface area (TPSA) is 107 Å². The van der Waals surface area contributed by atoms with Crippen LogP contribution < -0.4 is 0 Å². The number of hydrogen-bond acceptors (Lipinski definition) is 6. The quantitative estimate of drug-likeness (QED) is 0.0303. The molecular formula is C50H86O7S. The van der Waals surface area contributed by atoms with Crippen LogP contribution in [0.2, 0.25) is 0 Å². The van der Waals surface area contributed by atoms with Crippen LogP contribution in [0.25, 0.3) is 0 Å². The number of allylic oxidation sites excluding steroid dienone is 4. The fourth-order valence-electron chi connectivity index (χ4n) is 7.28. The third-order valence-electron chi connectivity index (χ3n) is 11.0. The first-order valence-corrected chi connectivity index (χ1v) is 25.5. The van der Waals surface area contributed by atoms with Crippen molar-refractivity contribution in [2.45, 2.75) is 237 Å². The summed E-state index contributed by atoms with van der Waals surface area (Å²) in [4.78, 5) is 25.4. The number of esters is 2. The summed E-state index contributed by atoms with van der Waals surface area (Å²) in [5.74, 6) is -1.51. The SMILES string of the molecule is CCCCCCCCCCCC/C=C/CCCCCCCOC(=O)c1ccc(S(=O)(=O)O)cc1C(=O)OCCCCCCC/C=C/CCCCCCCCCCCC. The van der Waals surface area contributed by atoms with E-state index in [-0.39, 0.29) is 24.3 Å². The Hall–Kier alpha value is -2.45. The standard InChI is InChI=1S/C50H86O7S/c1-3-5-7-9-11-13-15-17-19-21-23-25-27-29-31-33-35-37-39-43-56-49(51)47-42-41-46(58(53,54)55)45-48(47)50(52)57-44-40-38-36-34-32-30-28-26-24-22-20-18-16-14-12-10-8-6-4-2/h25-28,41-42,45H,3-24,29-40,43-44H2,1-2H3,(H,53,54,55)/b27-25+,28-26+. The van der Waals surface area contributed by atoms with E-state index < -0.39 is 27.0 Å². The Morgan fingerprint density at radius 3 is 1.07 bits per heavy atom. The third-order valence-corrected chi connectivity index (χ3v) is 11.9. The molecular weight excluding hydrogens is 745 g/mol. The number of rotatable bonds is 41. The van der Waals surface area contributed by atoms with Gasteiger partial charge in [-0.3, -0.25) is 4.55 Å². The lowest BCUT2D eigenvalue weighted by molar-refractivity contribution is 0.0450. The molecule has 0 aliphatic heterocycles. The van der Waals surface area contributed by atoms with E-state index in [0.717, 1.165) is 76.3 Å². The summed E-state index contributed by atoms with van der Waals surface area (Å²) in [6, 6.07) is 3.30. The molecule has 1 aromatic rings. The molecule has 0 saturated carbocycles. The van der Waals surface area contributed by atoms with Gasteiger partial charge in [-0.25, -0.2) is 9.59 Å². The van der Waals surface area contributed by atoms with Crippen LogP contribution in [0.1, 0.15) is 253 Å². The first-order valence-electron chi connectivity index (χ1n) is 24.1. The molecule has 334 valence electrons. The highest BCUT2D eigenvalue weighted by Crippen LogP contribution is 2.20. The lowest BCUT2D eigenvalue weighted by atomic mass is 10.1. The van der Waals surface area contributed by atoms with Crippen LogP contribution in [0.15, 0.2) is 47.4 Å². The van der Waals surface area contributed by atoms with Crippen molar-refractivity contribution in [1.29, 1.82) is 0 Å². The van der Waals surface area contributed by atoms with E-state index in [4.69, 9.17) is 9.47 Å². The summed E-state index contributed by atoms with van der Waals surface area (Å²) >= 11 is 0. The number of hydrogen-bond donors (Lipinski definition) is 1. The van der Waals surface area contributed by atoms with Crippen molar-refractivity contribution in [2.75, 3.05) is 13.2 Å². The van der Waals surface area contributed by atoms with Crippen LogP contribution in [0.5, 0.6) is 0 Å². The fraction of sp³-hybridized carbons (Fsp3) is 0.760. The summed E-state index contributed by atoms with van der Waals surface area (Å²) in [6.45, 7) is 4.91. The third kappa shape index (κ3) is 31.5. The molecule has 1 N–H and O–H groups in total. The smallest absolute Gasteiger partial charge is 0.339 e. The normalized spacial score (nSPS) is 11.9. The summed E-state index contributed by atoms with van der Waals surface area (Å²) < 4.78 is 44.0. The number of ether oxygens (including phenoxy) is 2. The number of carbonyl (C=O) groups excluding carboxylic acids is 2. The van der Waals surface area contributed by atoms with Gasteiger partial charge in [0.2, 0.25) is 0 Å². The van der Waals surface area contributed by atoms with Gasteiger partial charge in [-0.05, 0) is 82.4 Å².